The molecule has 1 amide bonds. The van der Waals surface area contributed by atoms with Crippen LogP contribution in [0.25, 0.3) is 0 Å². The van der Waals surface area contributed by atoms with Crippen LogP contribution in [0.2, 0.25) is 5.02 Å². The highest BCUT2D eigenvalue weighted by Crippen LogP contribution is 2.26. The molecule has 0 aromatic heterocycles. The number of likely N-dealkylation sites (N-methyl/N-ethyl adjacent to an activating group) is 1. The molecule has 2 aromatic rings. The number of anilines is 1. The van der Waals surface area contributed by atoms with E-state index in [9.17, 15) is 13.2 Å². The molecule has 2 rings (SSSR count). The third-order valence-electron chi connectivity index (χ3n) is 4.00. The second kappa shape index (κ2) is 8.07. The summed E-state index contributed by atoms with van der Waals surface area (Å²) in [6.07, 6.45) is 0. The average molecular weight is 397 g/mol. The Morgan fingerprint density at radius 1 is 1.15 bits per heavy atom. The monoisotopic (exact) mass is 396 g/mol. The summed E-state index contributed by atoms with van der Waals surface area (Å²) in [6, 6.07) is 9.68. The van der Waals surface area contributed by atoms with Gasteiger partial charge in [-0.2, -0.15) is 4.31 Å². The number of hydrogen-bond acceptors (Lipinski definition) is 4. The molecule has 0 aliphatic rings. The first-order valence-electron chi connectivity index (χ1n) is 7.82. The summed E-state index contributed by atoms with van der Waals surface area (Å²) in [5.74, 6) is 0.0643. The Morgan fingerprint density at radius 3 is 2.42 bits per heavy atom. The molecule has 6 nitrogen and oxygen atoms in total. The lowest BCUT2D eigenvalue weighted by atomic mass is 10.1. The Balaban J connectivity index is 2.11. The van der Waals surface area contributed by atoms with E-state index in [1.165, 1.54) is 20.2 Å². The van der Waals surface area contributed by atoms with Gasteiger partial charge in [-0.1, -0.05) is 17.7 Å². The molecular formula is C18H21ClN2O4S. The first kappa shape index (κ1) is 20.2. The number of ether oxygens (including phenoxy) is 1. The van der Waals surface area contributed by atoms with Crippen LogP contribution in [-0.4, -0.2) is 39.3 Å². The third-order valence-corrected chi connectivity index (χ3v) is 6.12. The van der Waals surface area contributed by atoms with Gasteiger partial charge in [0.15, 0.2) is 0 Å². The lowest BCUT2D eigenvalue weighted by Crippen LogP contribution is -2.35. The van der Waals surface area contributed by atoms with E-state index in [4.69, 9.17) is 16.3 Å². The Morgan fingerprint density at radius 2 is 1.85 bits per heavy atom. The normalized spacial score (nSPS) is 11.5. The SMILES string of the molecule is COc1ccc(NC(=O)CN(C)S(=O)(=O)c2ccc(C)c(C)c2)c(Cl)c1. The van der Waals surface area contributed by atoms with Crippen molar-refractivity contribution in [1.29, 1.82) is 0 Å². The topological polar surface area (TPSA) is 75.7 Å². The summed E-state index contributed by atoms with van der Waals surface area (Å²) in [5.41, 5.74) is 2.25. The summed E-state index contributed by atoms with van der Waals surface area (Å²) in [6.45, 7) is 3.41. The van der Waals surface area contributed by atoms with Gasteiger partial charge in [-0.05, 0) is 49.2 Å². The highest BCUT2D eigenvalue weighted by molar-refractivity contribution is 7.89. The van der Waals surface area contributed by atoms with Crippen LogP contribution in [0.3, 0.4) is 0 Å². The molecule has 8 heteroatoms. The zero-order valence-electron chi connectivity index (χ0n) is 15.0. The van der Waals surface area contributed by atoms with Crippen molar-refractivity contribution < 1.29 is 17.9 Å². The first-order valence-corrected chi connectivity index (χ1v) is 9.64. The van der Waals surface area contributed by atoms with E-state index >= 15 is 0 Å². The van der Waals surface area contributed by atoms with Crippen LogP contribution in [-0.2, 0) is 14.8 Å². The standard InChI is InChI=1S/C18H21ClN2O4S/c1-12-5-7-15(9-13(12)2)26(23,24)21(3)11-18(22)20-17-8-6-14(25-4)10-16(17)19/h5-10H,11H2,1-4H3,(H,20,22). The van der Waals surface area contributed by atoms with E-state index < -0.39 is 15.9 Å². The maximum Gasteiger partial charge on any atom is 0.243 e. The van der Waals surface area contributed by atoms with Crippen LogP contribution < -0.4 is 10.1 Å². The van der Waals surface area contributed by atoms with E-state index in [0.29, 0.717) is 16.5 Å². The van der Waals surface area contributed by atoms with E-state index in [2.05, 4.69) is 5.32 Å². The first-order chi connectivity index (χ1) is 12.1. The van der Waals surface area contributed by atoms with Gasteiger partial charge in [0.2, 0.25) is 15.9 Å². The molecule has 0 aliphatic heterocycles. The van der Waals surface area contributed by atoms with Crippen LogP contribution >= 0.6 is 11.6 Å². The van der Waals surface area contributed by atoms with Gasteiger partial charge in [0.25, 0.3) is 0 Å². The molecule has 140 valence electrons. The van der Waals surface area contributed by atoms with E-state index in [1.807, 2.05) is 13.8 Å². The van der Waals surface area contributed by atoms with Gasteiger partial charge in [-0.15, -0.1) is 0 Å². The Bertz CT molecular complexity index is 929. The van der Waals surface area contributed by atoms with Gasteiger partial charge in [-0.25, -0.2) is 8.42 Å². The van der Waals surface area contributed by atoms with Gasteiger partial charge in [0.05, 0.1) is 29.3 Å². The average Bonchev–Trinajstić information content (AvgIpc) is 2.58. The van der Waals surface area contributed by atoms with Crippen molar-refractivity contribution in [3.8, 4) is 5.75 Å². The van der Waals surface area contributed by atoms with Crippen molar-refractivity contribution >= 4 is 33.2 Å². The fraction of sp³-hybridized carbons (Fsp3) is 0.278. The quantitative estimate of drug-likeness (QED) is 0.813. The Labute approximate surface area is 158 Å². The summed E-state index contributed by atoms with van der Waals surface area (Å²) in [5, 5.41) is 2.91. The fourth-order valence-corrected chi connectivity index (χ4v) is 3.69. The van der Waals surface area contributed by atoms with Crippen LogP contribution in [0.15, 0.2) is 41.3 Å². The zero-order chi connectivity index (χ0) is 19.5. The largest absolute Gasteiger partial charge is 0.497 e. The third kappa shape index (κ3) is 4.55. The molecule has 0 aliphatic carbocycles. The maximum atomic E-state index is 12.6. The molecule has 26 heavy (non-hydrogen) atoms. The second-order valence-electron chi connectivity index (χ2n) is 5.90. The summed E-state index contributed by atoms with van der Waals surface area (Å²) in [4.78, 5) is 12.4. The molecule has 0 spiro atoms. The van der Waals surface area contributed by atoms with Gasteiger partial charge in [0.1, 0.15) is 5.75 Å². The minimum Gasteiger partial charge on any atom is -0.497 e. The molecule has 0 radical (unpaired) electrons. The number of carbonyl (C=O) groups excluding carboxylic acids is 1. The van der Waals surface area contributed by atoms with Gasteiger partial charge in [-0.3, -0.25) is 4.79 Å². The van der Waals surface area contributed by atoms with Crippen molar-refractivity contribution in [2.24, 2.45) is 0 Å². The molecule has 1 N–H and O–H groups in total. The molecule has 0 unspecified atom stereocenters. The van der Waals surface area contributed by atoms with Crippen molar-refractivity contribution in [2.75, 3.05) is 26.0 Å². The molecule has 0 atom stereocenters. The Hall–Kier alpha value is -2.09. The highest BCUT2D eigenvalue weighted by atomic mass is 35.5. The number of methoxy groups -OCH3 is 1. The number of halogens is 1. The second-order valence-corrected chi connectivity index (χ2v) is 8.35. The number of aryl methyl sites for hydroxylation is 2. The molecular weight excluding hydrogens is 376 g/mol. The number of hydrogen-bond donors (Lipinski definition) is 1. The van der Waals surface area contributed by atoms with Crippen molar-refractivity contribution in [3.05, 3.63) is 52.5 Å². The number of carbonyl (C=O) groups is 1. The number of amides is 1. The van der Waals surface area contributed by atoms with Crippen molar-refractivity contribution in [3.63, 3.8) is 0 Å². The maximum absolute atomic E-state index is 12.6. The summed E-state index contributed by atoms with van der Waals surface area (Å²) in [7, 11) is -0.896. The van der Waals surface area contributed by atoms with E-state index in [1.54, 1.807) is 30.3 Å². The predicted molar refractivity (Wildman–Crippen MR) is 102 cm³/mol. The zero-order valence-corrected chi connectivity index (χ0v) is 16.6. The van der Waals surface area contributed by atoms with E-state index in [-0.39, 0.29) is 11.4 Å². The summed E-state index contributed by atoms with van der Waals surface area (Å²) < 4.78 is 31.3. The fourth-order valence-electron chi connectivity index (χ4n) is 2.26. The molecule has 0 saturated heterocycles. The lowest BCUT2D eigenvalue weighted by Gasteiger charge is -2.18. The van der Waals surface area contributed by atoms with Crippen LogP contribution in [0.1, 0.15) is 11.1 Å². The highest BCUT2D eigenvalue weighted by Gasteiger charge is 2.23. The number of nitrogens with one attached hydrogen (secondary N) is 1. The number of benzene rings is 2. The van der Waals surface area contributed by atoms with Crippen LogP contribution in [0, 0.1) is 13.8 Å². The van der Waals surface area contributed by atoms with Crippen molar-refractivity contribution in [2.45, 2.75) is 18.7 Å². The van der Waals surface area contributed by atoms with Gasteiger partial charge < -0.3 is 10.1 Å². The lowest BCUT2D eigenvalue weighted by molar-refractivity contribution is -0.116. The summed E-state index contributed by atoms with van der Waals surface area (Å²) >= 11 is 6.08. The smallest absolute Gasteiger partial charge is 0.243 e. The van der Waals surface area contributed by atoms with Crippen LogP contribution in [0.5, 0.6) is 5.75 Å². The van der Waals surface area contributed by atoms with Gasteiger partial charge in [0, 0.05) is 13.1 Å². The van der Waals surface area contributed by atoms with Crippen LogP contribution in [0.4, 0.5) is 5.69 Å². The minimum absolute atomic E-state index is 0.151. The number of nitrogens with zero attached hydrogens (tertiary/aromatic N) is 1. The van der Waals surface area contributed by atoms with E-state index in [0.717, 1.165) is 15.4 Å². The molecule has 0 fully saturated rings. The minimum atomic E-state index is -3.77. The Kier molecular flexibility index (Phi) is 6.28. The number of rotatable bonds is 6. The molecule has 0 heterocycles. The predicted octanol–water partition coefficient (Wildman–Crippen LogP) is 3.22. The molecule has 2 aromatic carbocycles. The molecule has 0 saturated carbocycles. The van der Waals surface area contributed by atoms with Crippen molar-refractivity contribution in [1.82, 2.24) is 4.31 Å². The number of sulfonamides is 1. The van der Waals surface area contributed by atoms with Gasteiger partial charge >= 0.3 is 0 Å². The molecule has 0 bridgehead atoms.